The SMILES string of the molecule is Nc1ccc(Oc2ccc(Nc3ccc(F)c4[nH]c(C(=O)O)cc34)cc2Cl)cc1. The molecule has 0 aliphatic carbocycles. The van der Waals surface area contributed by atoms with Crippen LogP contribution in [0.15, 0.2) is 60.7 Å². The molecule has 0 saturated heterocycles. The summed E-state index contributed by atoms with van der Waals surface area (Å²) in [7, 11) is 0. The molecular formula is C21H15ClFN3O3. The van der Waals surface area contributed by atoms with Gasteiger partial charge < -0.3 is 25.9 Å². The third-order valence-corrected chi connectivity index (χ3v) is 4.59. The Kier molecular flexibility index (Phi) is 4.74. The molecule has 0 radical (unpaired) electrons. The van der Waals surface area contributed by atoms with Gasteiger partial charge in [-0.1, -0.05) is 11.6 Å². The van der Waals surface area contributed by atoms with Crippen molar-refractivity contribution >= 4 is 45.5 Å². The number of aromatic nitrogens is 1. The Morgan fingerprint density at radius 1 is 1.10 bits per heavy atom. The second-order valence-corrected chi connectivity index (χ2v) is 6.72. The summed E-state index contributed by atoms with van der Waals surface area (Å²) in [6.45, 7) is 0. The number of benzene rings is 3. The Hall–Kier alpha value is -3.71. The van der Waals surface area contributed by atoms with Gasteiger partial charge in [-0.05, 0) is 60.7 Å². The Balaban J connectivity index is 1.61. The highest BCUT2D eigenvalue weighted by Crippen LogP contribution is 2.34. The van der Waals surface area contributed by atoms with Crippen LogP contribution in [0, 0.1) is 5.82 Å². The molecule has 0 bridgehead atoms. The van der Waals surface area contributed by atoms with Crippen LogP contribution in [0.5, 0.6) is 11.5 Å². The van der Waals surface area contributed by atoms with Crippen molar-refractivity contribution in [2.45, 2.75) is 0 Å². The first-order valence-electron chi connectivity index (χ1n) is 8.55. The summed E-state index contributed by atoms with van der Waals surface area (Å²) < 4.78 is 19.8. The summed E-state index contributed by atoms with van der Waals surface area (Å²) in [4.78, 5) is 13.8. The van der Waals surface area contributed by atoms with Gasteiger partial charge in [-0.2, -0.15) is 0 Å². The van der Waals surface area contributed by atoms with Crippen LogP contribution >= 0.6 is 11.6 Å². The minimum atomic E-state index is -1.17. The van der Waals surface area contributed by atoms with Crippen molar-refractivity contribution in [3.63, 3.8) is 0 Å². The van der Waals surface area contributed by atoms with Crippen molar-refractivity contribution in [1.29, 1.82) is 0 Å². The van der Waals surface area contributed by atoms with Gasteiger partial charge in [-0.25, -0.2) is 9.18 Å². The Bertz CT molecular complexity index is 1220. The highest BCUT2D eigenvalue weighted by molar-refractivity contribution is 6.32. The number of nitrogens with one attached hydrogen (secondary N) is 2. The van der Waals surface area contributed by atoms with Crippen LogP contribution in [0.2, 0.25) is 5.02 Å². The van der Waals surface area contributed by atoms with Gasteiger partial charge in [0, 0.05) is 22.4 Å². The number of halogens is 2. The van der Waals surface area contributed by atoms with Crippen LogP contribution in [0.4, 0.5) is 21.5 Å². The quantitative estimate of drug-likeness (QED) is 0.312. The minimum Gasteiger partial charge on any atom is -0.477 e. The lowest BCUT2D eigenvalue weighted by molar-refractivity contribution is 0.0691. The summed E-state index contributed by atoms with van der Waals surface area (Å²) in [6, 6.07) is 16.2. The highest BCUT2D eigenvalue weighted by atomic mass is 35.5. The molecule has 0 fully saturated rings. The fourth-order valence-corrected chi connectivity index (χ4v) is 3.11. The van der Waals surface area contributed by atoms with E-state index in [0.717, 1.165) is 0 Å². The lowest BCUT2D eigenvalue weighted by Crippen LogP contribution is -1.95. The first-order valence-corrected chi connectivity index (χ1v) is 8.93. The molecule has 29 heavy (non-hydrogen) atoms. The summed E-state index contributed by atoms with van der Waals surface area (Å²) >= 11 is 6.33. The molecule has 0 spiro atoms. The molecular weight excluding hydrogens is 397 g/mol. The van der Waals surface area contributed by atoms with Crippen molar-refractivity contribution in [3.8, 4) is 11.5 Å². The molecule has 4 aromatic rings. The number of fused-ring (bicyclic) bond motifs is 1. The standard InChI is InChI=1S/C21H15ClFN3O3/c22-15-9-12(3-8-19(15)29-13-4-1-11(24)2-5-13)25-17-7-6-16(23)20-14(17)10-18(26-20)21(27)28/h1-10,25-26H,24H2,(H,27,28). The number of carboxylic acid groups (broad SMARTS) is 1. The smallest absolute Gasteiger partial charge is 0.352 e. The predicted octanol–water partition coefficient (Wildman–Crippen LogP) is 5.78. The summed E-state index contributed by atoms with van der Waals surface area (Å²) in [5.74, 6) is -0.654. The molecule has 1 heterocycles. The molecule has 0 atom stereocenters. The van der Waals surface area contributed by atoms with Gasteiger partial charge in [0.05, 0.1) is 10.5 Å². The van der Waals surface area contributed by atoms with Crippen LogP contribution in [0.3, 0.4) is 0 Å². The molecule has 0 amide bonds. The average Bonchev–Trinajstić information content (AvgIpc) is 3.15. The second-order valence-electron chi connectivity index (χ2n) is 6.31. The third-order valence-electron chi connectivity index (χ3n) is 4.29. The number of aromatic amines is 1. The van der Waals surface area contributed by atoms with Gasteiger partial charge in [-0.15, -0.1) is 0 Å². The number of rotatable bonds is 5. The van der Waals surface area contributed by atoms with Crippen LogP contribution in [0.25, 0.3) is 10.9 Å². The van der Waals surface area contributed by atoms with E-state index in [1.165, 1.54) is 18.2 Å². The Labute approximate surface area is 169 Å². The lowest BCUT2D eigenvalue weighted by atomic mass is 10.2. The summed E-state index contributed by atoms with van der Waals surface area (Å²) in [5.41, 5.74) is 7.47. The number of ether oxygens (including phenoxy) is 1. The number of H-pyrrole nitrogens is 1. The van der Waals surface area contributed by atoms with E-state index in [0.29, 0.717) is 39.0 Å². The number of nitrogens with two attached hydrogens (primary N) is 1. The molecule has 4 rings (SSSR count). The van der Waals surface area contributed by atoms with E-state index in [4.69, 9.17) is 27.2 Å². The van der Waals surface area contributed by atoms with Crippen molar-refractivity contribution in [3.05, 3.63) is 77.2 Å². The van der Waals surface area contributed by atoms with Crippen LogP contribution in [0.1, 0.15) is 10.5 Å². The topological polar surface area (TPSA) is 100 Å². The fraction of sp³-hybridized carbons (Fsp3) is 0. The monoisotopic (exact) mass is 411 g/mol. The third kappa shape index (κ3) is 3.81. The van der Waals surface area contributed by atoms with Crippen molar-refractivity contribution in [1.82, 2.24) is 4.98 Å². The highest BCUT2D eigenvalue weighted by Gasteiger charge is 2.14. The molecule has 0 aliphatic heterocycles. The number of anilines is 3. The van der Waals surface area contributed by atoms with Crippen molar-refractivity contribution in [2.75, 3.05) is 11.1 Å². The zero-order valence-electron chi connectivity index (χ0n) is 14.9. The molecule has 3 aromatic carbocycles. The van der Waals surface area contributed by atoms with E-state index in [1.54, 1.807) is 42.5 Å². The average molecular weight is 412 g/mol. The predicted molar refractivity (Wildman–Crippen MR) is 111 cm³/mol. The van der Waals surface area contributed by atoms with Crippen molar-refractivity contribution < 1.29 is 19.0 Å². The molecule has 0 aliphatic rings. The van der Waals surface area contributed by atoms with Gasteiger partial charge in [0.25, 0.3) is 0 Å². The number of aromatic carboxylic acids is 1. The van der Waals surface area contributed by atoms with Crippen LogP contribution in [-0.2, 0) is 0 Å². The minimum absolute atomic E-state index is 0.0987. The van der Waals surface area contributed by atoms with Gasteiger partial charge in [0.1, 0.15) is 23.0 Å². The van der Waals surface area contributed by atoms with Crippen LogP contribution < -0.4 is 15.8 Å². The van der Waals surface area contributed by atoms with E-state index in [2.05, 4.69) is 10.3 Å². The van der Waals surface area contributed by atoms with E-state index in [-0.39, 0.29) is 11.2 Å². The zero-order chi connectivity index (χ0) is 20.5. The summed E-state index contributed by atoms with van der Waals surface area (Å²) in [6.07, 6.45) is 0. The van der Waals surface area contributed by atoms with Gasteiger partial charge in [0.2, 0.25) is 0 Å². The van der Waals surface area contributed by atoms with Gasteiger partial charge in [-0.3, -0.25) is 0 Å². The largest absolute Gasteiger partial charge is 0.477 e. The number of carbonyl (C=O) groups is 1. The molecule has 8 heteroatoms. The molecule has 0 saturated carbocycles. The summed E-state index contributed by atoms with van der Waals surface area (Å²) in [5, 5.41) is 13.1. The molecule has 6 nitrogen and oxygen atoms in total. The number of hydrogen-bond donors (Lipinski definition) is 4. The van der Waals surface area contributed by atoms with E-state index in [9.17, 15) is 9.18 Å². The number of nitrogen functional groups attached to an aromatic ring is 1. The zero-order valence-corrected chi connectivity index (χ0v) is 15.6. The van der Waals surface area contributed by atoms with E-state index < -0.39 is 11.8 Å². The maximum absolute atomic E-state index is 14.0. The van der Waals surface area contributed by atoms with Crippen molar-refractivity contribution in [2.24, 2.45) is 0 Å². The molecule has 5 N–H and O–H groups in total. The number of carboxylic acids is 1. The normalized spacial score (nSPS) is 10.8. The molecule has 0 unspecified atom stereocenters. The first kappa shape index (κ1) is 18.6. The van der Waals surface area contributed by atoms with Gasteiger partial charge >= 0.3 is 5.97 Å². The fourth-order valence-electron chi connectivity index (χ4n) is 2.89. The molecule has 1 aromatic heterocycles. The van der Waals surface area contributed by atoms with Crippen LogP contribution in [-0.4, -0.2) is 16.1 Å². The van der Waals surface area contributed by atoms with E-state index in [1.807, 2.05) is 0 Å². The number of hydrogen-bond acceptors (Lipinski definition) is 4. The second kappa shape index (κ2) is 7.37. The maximum Gasteiger partial charge on any atom is 0.352 e. The lowest BCUT2D eigenvalue weighted by Gasteiger charge is -2.12. The Morgan fingerprint density at radius 3 is 2.55 bits per heavy atom. The molecule has 146 valence electrons. The maximum atomic E-state index is 14.0. The van der Waals surface area contributed by atoms with E-state index >= 15 is 0 Å². The first-order chi connectivity index (χ1) is 13.9. The van der Waals surface area contributed by atoms with Gasteiger partial charge in [0.15, 0.2) is 0 Å². The Morgan fingerprint density at radius 2 is 1.86 bits per heavy atom.